The first kappa shape index (κ1) is 15.3. The Kier molecular flexibility index (Phi) is 3.77. The van der Waals surface area contributed by atoms with E-state index in [1.165, 1.54) is 12.8 Å². The van der Waals surface area contributed by atoms with Gasteiger partial charge in [-0.3, -0.25) is 0 Å². The summed E-state index contributed by atoms with van der Waals surface area (Å²) in [5.41, 5.74) is 0.989. The molecule has 0 radical (unpaired) electrons. The van der Waals surface area contributed by atoms with Crippen molar-refractivity contribution in [3.63, 3.8) is 0 Å². The Morgan fingerprint density at radius 2 is 2.00 bits per heavy atom. The zero-order valence-electron chi connectivity index (χ0n) is 13.5. The summed E-state index contributed by atoms with van der Waals surface area (Å²) in [5, 5.41) is 0.667. The highest BCUT2D eigenvalue weighted by Crippen LogP contribution is 2.41. The highest BCUT2D eigenvalue weighted by molar-refractivity contribution is 6.30. The van der Waals surface area contributed by atoms with E-state index < -0.39 is 6.10 Å². The van der Waals surface area contributed by atoms with Gasteiger partial charge < -0.3 is 14.4 Å². The summed E-state index contributed by atoms with van der Waals surface area (Å²) >= 11 is 6.05. The minimum Gasteiger partial charge on any atom is -0.478 e. The molecule has 4 nitrogen and oxygen atoms in total. The van der Waals surface area contributed by atoms with Crippen LogP contribution in [-0.4, -0.2) is 42.2 Å². The summed E-state index contributed by atoms with van der Waals surface area (Å²) in [7, 11) is 2.18. The van der Waals surface area contributed by atoms with Gasteiger partial charge in [0, 0.05) is 28.6 Å². The van der Waals surface area contributed by atoms with Gasteiger partial charge in [-0.15, -0.1) is 0 Å². The quantitative estimate of drug-likeness (QED) is 0.777. The number of benzene rings is 1. The molecule has 0 aromatic heterocycles. The van der Waals surface area contributed by atoms with Gasteiger partial charge in [0.1, 0.15) is 11.9 Å². The summed E-state index contributed by atoms with van der Waals surface area (Å²) < 4.78 is 11.6. The molecular weight excluding hydrogens is 314 g/mol. The van der Waals surface area contributed by atoms with Crippen molar-refractivity contribution in [3.8, 4) is 5.75 Å². The van der Waals surface area contributed by atoms with E-state index in [4.69, 9.17) is 21.1 Å². The fourth-order valence-electron chi connectivity index (χ4n) is 4.33. The number of rotatable bonds is 2. The van der Waals surface area contributed by atoms with Crippen molar-refractivity contribution in [2.24, 2.45) is 0 Å². The Morgan fingerprint density at radius 1 is 1.30 bits per heavy atom. The van der Waals surface area contributed by atoms with Crippen LogP contribution in [0.25, 0.3) is 0 Å². The number of hydrogen-bond acceptors (Lipinski definition) is 4. The molecule has 3 aliphatic rings. The SMILES string of the molecule is CC1c2cc(Cl)ccc2OC1C(=O)OC1C[C@H]2CC[C@@H](C1)N2C. The number of carbonyl (C=O) groups is 1. The van der Waals surface area contributed by atoms with Gasteiger partial charge in [0.2, 0.25) is 6.10 Å². The Morgan fingerprint density at radius 3 is 2.70 bits per heavy atom. The number of piperidine rings is 1. The van der Waals surface area contributed by atoms with Crippen molar-refractivity contribution in [1.82, 2.24) is 4.90 Å². The molecule has 1 aromatic carbocycles. The molecule has 0 aliphatic carbocycles. The maximum atomic E-state index is 12.6. The van der Waals surface area contributed by atoms with Gasteiger partial charge in [-0.2, -0.15) is 0 Å². The van der Waals surface area contributed by atoms with Gasteiger partial charge in [0.15, 0.2) is 0 Å². The van der Waals surface area contributed by atoms with Crippen molar-refractivity contribution >= 4 is 17.6 Å². The van der Waals surface area contributed by atoms with Crippen LogP contribution in [0, 0.1) is 0 Å². The fourth-order valence-corrected chi connectivity index (χ4v) is 4.51. The first-order valence-corrected chi connectivity index (χ1v) is 8.79. The first-order chi connectivity index (χ1) is 11.0. The molecule has 3 unspecified atom stereocenters. The zero-order valence-corrected chi connectivity index (χ0v) is 14.3. The second-order valence-corrected chi connectivity index (χ2v) is 7.53. The van der Waals surface area contributed by atoms with Crippen molar-refractivity contribution < 1.29 is 14.3 Å². The van der Waals surface area contributed by atoms with E-state index in [2.05, 4.69) is 11.9 Å². The van der Waals surface area contributed by atoms with Crippen LogP contribution >= 0.6 is 11.6 Å². The molecule has 5 heteroatoms. The van der Waals surface area contributed by atoms with Crippen LogP contribution in [0.5, 0.6) is 5.75 Å². The Bertz CT molecular complexity index is 621. The average molecular weight is 336 g/mol. The predicted molar refractivity (Wildman–Crippen MR) is 88.0 cm³/mol. The highest BCUT2D eigenvalue weighted by Gasteiger charge is 2.43. The summed E-state index contributed by atoms with van der Waals surface area (Å²) in [6.45, 7) is 1.99. The molecule has 3 aliphatic heterocycles. The van der Waals surface area contributed by atoms with Gasteiger partial charge in [-0.25, -0.2) is 4.79 Å². The number of halogens is 1. The number of hydrogen-bond donors (Lipinski definition) is 0. The Labute approximate surface area is 141 Å². The molecule has 3 heterocycles. The van der Waals surface area contributed by atoms with E-state index in [1.807, 2.05) is 19.1 Å². The van der Waals surface area contributed by atoms with Crippen molar-refractivity contribution in [1.29, 1.82) is 0 Å². The van der Waals surface area contributed by atoms with Crippen LogP contribution in [0.4, 0.5) is 0 Å². The van der Waals surface area contributed by atoms with Gasteiger partial charge in [-0.05, 0) is 50.9 Å². The van der Waals surface area contributed by atoms with Crippen LogP contribution in [0.2, 0.25) is 5.02 Å². The summed E-state index contributed by atoms with van der Waals surface area (Å²) in [6, 6.07) is 6.62. The van der Waals surface area contributed by atoms with E-state index in [0.29, 0.717) is 17.1 Å². The van der Waals surface area contributed by atoms with Gasteiger partial charge in [0.05, 0.1) is 0 Å². The minimum atomic E-state index is -0.555. The Hall–Kier alpha value is -1.26. The van der Waals surface area contributed by atoms with Crippen LogP contribution in [-0.2, 0) is 9.53 Å². The number of fused-ring (bicyclic) bond motifs is 3. The van der Waals surface area contributed by atoms with E-state index in [0.717, 1.165) is 24.2 Å². The molecule has 124 valence electrons. The molecule has 1 aromatic rings. The third-order valence-corrected chi connectivity index (χ3v) is 5.98. The smallest absolute Gasteiger partial charge is 0.348 e. The third kappa shape index (κ3) is 2.62. The molecule has 0 N–H and O–H groups in total. The van der Waals surface area contributed by atoms with E-state index >= 15 is 0 Å². The molecule has 23 heavy (non-hydrogen) atoms. The minimum absolute atomic E-state index is 0.0271. The van der Waals surface area contributed by atoms with Gasteiger partial charge in [-0.1, -0.05) is 18.5 Å². The molecule has 2 fully saturated rings. The van der Waals surface area contributed by atoms with E-state index in [9.17, 15) is 4.79 Å². The molecule has 4 rings (SSSR count). The summed E-state index contributed by atoms with van der Waals surface area (Å²) in [6.07, 6.45) is 3.79. The van der Waals surface area contributed by atoms with Crippen LogP contribution < -0.4 is 4.74 Å². The van der Waals surface area contributed by atoms with Crippen molar-refractivity contribution in [2.45, 2.75) is 62.8 Å². The molecule has 2 saturated heterocycles. The number of ether oxygens (including phenoxy) is 2. The highest BCUT2D eigenvalue weighted by atomic mass is 35.5. The molecule has 5 atom stereocenters. The zero-order chi connectivity index (χ0) is 16.1. The lowest BCUT2D eigenvalue weighted by Gasteiger charge is -2.36. The first-order valence-electron chi connectivity index (χ1n) is 8.41. The van der Waals surface area contributed by atoms with Crippen LogP contribution in [0.1, 0.15) is 44.1 Å². The predicted octanol–water partition coefficient (Wildman–Crippen LogP) is 3.37. The Balaban J connectivity index is 1.43. The van der Waals surface area contributed by atoms with E-state index in [1.54, 1.807) is 6.07 Å². The lowest BCUT2D eigenvalue weighted by Crippen LogP contribution is -2.44. The lowest BCUT2D eigenvalue weighted by atomic mass is 9.97. The maximum absolute atomic E-state index is 12.6. The molecule has 2 bridgehead atoms. The number of carbonyl (C=O) groups excluding carboxylic acids is 1. The number of nitrogens with zero attached hydrogens (tertiary/aromatic N) is 1. The van der Waals surface area contributed by atoms with Crippen LogP contribution in [0.15, 0.2) is 18.2 Å². The standard InChI is InChI=1S/C18H22ClNO3/c1-10-15-7-11(19)3-6-16(15)23-17(10)18(21)22-14-8-12-4-5-13(9-14)20(12)2/h3,6-7,10,12-14,17H,4-5,8-9H2,1-2H3/t10?,12-,13+,14?,17?. The number of esters is 1. The second-order valence-electron chi connectivity index (χ2n) is 7.09. The van der Waals surface area contributed by atoms with E-state index in [-0.39, 0.29) is 18.0 Å². The summed E-state index contributed by atoms with van der Waals surface area (Å²) in [4.78, 5) is 15.0. The molecule has 0 spiro atoms. The van der Waals surface area contributed by atoms with Crippen LogP contribution in [0.3, 0.4) is 0 Å². The summed E-state index contributed by atoms with van der Waals surface area (Å²) in [5.74, 6) is 0.477. The maximum Gasteiger partial charge on any atom is 0.348 e. The largest absolute Gasteiger partial charge is 0.478 e. The molecular formula is C18H22ClNO3. The third-order valence-electron chi connectivity index (χ3n) is 5.74. The molecule has 0 saturated carbocycles. The topological polar surface area (TPSA) is 38.8 Å². The molecule has 0 amide bonds. The van der Waals surface area contributed by atoms with Gasteiger partial charge >= 0.3 is 5.97 Å². The average Bonchev–Trinajstić information content (AvgIpc) is 2.92. The fraction of sp³-hybridized carbons (Fsp3) is 0.611. The lowest BCUT2D eigenvalue weighted by molar-refractivity contribution is -0.160. The second kappa shape index (κ2) is 5.67. The van der Waals surface area contributed by atoms with Gasteiger partial charge in [0.25, 0.3) is 0 Å². The van der Waals surface area contributed by atoms with Crippen molar-refractivity contribution in [2.75, 3.05) is 7.05 Å². The normalized spacial score (nSPS) is 35.7. The van der Waals surface area contributed by atoms with Crippen molar-refractivity contribution in [3.05, 3.63) is 28.8 Å². The monoisotopic (exact) mass is 335 g/mol.